The lowest BCUT2D eigenvalue weighted by atomic mass is 9.90. The Morgan fingerprint density at radius 3 is 2.35 bits per heavy atom. The second-order valence-corrected chi connectivity index (χ2v) is 8.50. The lowest BCUT2D eigenvalue weighted by Crippen LogP contribution is -2.30. The standard InChI is InChI=1S/C17H24N2O3S/c1-18-17(20)14-6-8-16(9-7-14)23(21,22)19-11-10-15(12-19)13-4-2-3-5-13/h6-9,13,15H,2-5,10-12H2,1H3,(H,18,20). The summed E-state index contributed by atoms with van der Waals surface area (Å²) in [5.41, 5.74) is 0.469. The van der Waals surface area contributed by atoms with Crippen molar-refractivity contribution in [1.29, 1.82) is 0 Å². The summed E-state index contributed by atoms with van der Waals surface area (Å²) < 4.78 is 27.2. The summed E-state index contributed by atoms with van der Waals surface area (Å²) in [6.45, 7) is 1.25. The minimum atomic E-state index is -3.45. The van der Waals surface area contributed by atoms with Gasteiger partial charge in [-0.3, -0.25) is 4.79 Å². The van der Waals surface area contributed by atoms with Gasteiger partial charge in [0.15, 0.2) is 0 Å². The van der Waals surface area contributed by atoms with Gasteiger partial charge in [0, 0.05) is 25.7 Å². The van der Waals surface area contributed by atoms with E-state index in [0.29, 0.717) is 30.5 Å². The predicted molar refractivity (Wildman–Crippen MR) is 88.7 cm³/mol. The van der Waals surface area contributed by atoms with Crippen molar-refractivity contribution in [2.45, 2.75) is 37.0 Å². The van der Waals surface area contributed by atoms with Crippen LogP contribution in [0.2, 0.25) is 0 Å². The highest BCUT2D eigenvalue weighted by atomic mass is 32.2. The van der Waals surface area contributed by atoms with Gasteiger partial charge >= 0.3 is 0 Å². The maximum absolute atomic E-state index is 12.8. The molecule has 5 nitrogen and oxygen atoms in total. The van der Waals surface area contributed by atoms with E-state index in [1.165, 1.54) is 37.8 Å². The second kappa shape index (κ2) is 6.61. The summed E-state index contributed by atoms with van der Waals surface area (Å²) in [7, 11) is -1.89. The Bertz CT molecular complexity index is 664. The fraction of sp³-hybridized carbons (Fsp3) is 0.588. The highest BCUT2D eigenvalue weighted by Crippen LogP contribution is 2.37. The van der Waals surface area contributed by atoms with E-state index >= 15 is 0 Å². The van der Waals surface area contributed by atoms with Gasteiger partial charge in [-0.2, -0.15) is 4.31 Å². The molecule has 1 saturated carbocycles. The fourth-order valence-electron chi connectivity index (χ4n) is 3.86. The molecule has 1 aromatic rings. The Morgan fingerprint density at radius 2 is 1.74 bits per heavy atom. The summed E-state index contributed by atoms with van der Waals surface area (Å²) in [5, 5.41) is 2.53. The van der Waals surface area contributed by atoms with Crippen molar-refractivity contribution < 1.29 is 13.2 Å². The van der Waals surface area contributed by atoms with Crippen molar-refractivity contribution in [2.24, 2.45) is 11.8 Å². The second-order valence-electron chi connectivity index (χ2n) is 6.56. The highest BCUT2D eigenvalue weighted by molar-refractivity contribution is 7.89. The van der Waals surface area contributed by atoms with Crippen LogP contribution in [-0.2, 0) is 10.0 Å². The fourth-order valence-corrected chi connectivity index (χ4v) is 5.37. The van der Waals surface area contributed by atoms with Gasteiger partial charge in [0.1, 0.15) is 0 Å². The van der Waals surface area contributed by atoms with Gasteiger partial charge < -0.3 is 5.32 Å². The third-order valence-corrected chi connectivity index (χ3v) is 7.11. The molecular formula is C17H24N2O3S. The molecule has 1 saturated heterocycles. The van der Waals surface area contributed by atoms with Crippen molar-refractivity contribution in [3.05, 3.63) is 29.8 Å². The Hall–Kier alpha value is -1.40. The summed E-state index contributed by atoms with van der Waals surface area (Å²) in [6.07, 6.45) is 6.04. The third-order valence-electron chi connectivity index (χ3n) is 5.24. The number of hydrogen-bond donors (Lipinski definition) is 1. The van der Waals surface area contributed by atoms with Crippen molar-refractivity contribution in [2.75, 3.05) is 20.1 Å². The smallest absolute Gasteiger partial charge is 0.251 e. The number of amides is 1. The number of benzene rings is 1. The number of hydrogen-bond acceptors (Lipinski definition) is 3. The first kappa shape index (κ1) is 16.5. The average molecular weight is 336 g/mol. The molecule has 2 aliphatic rings. The van der Waals surface area contributed by atoms with E-state index in [1.807, 2.05) is 0 Å². The SMILES string of the molecule is CNC(=O)c1ccc(S(=O)(=O)N2CCC(C3CCCC3)C2)cc1. The van der Waals surface area contributed by atoms with E-state index in [1.54, 1.807) is 23.5 Å². The van der Waals surface area contributed by atoms with Crippen LogP contribution in [0.1, 0.15) is 42.5 Å². The van der Waals surface area contributed by atoms with Crippen LogP contribution in [0.3, 0.4) is 0 Å². The van der Waals surface area contributed by atoms with E-state index < -0.39 is 10.0 Å². The molecule has 23 heavy (non-hydrogen) atoms. The summed E-state index contributed by atoms with van der Waals surface area (Å²) >= 11 is 0. The lowest BCUT2D eigenvalue weighted by Gasteiger charge is -2.20. The van der Waals surface area contributed by atoms with Gasteiger partial charge in [0.2, 0.25) is 10.0 Å². The zero-order valence-electron chi connectivity index (χ0n) is 13.5. The Kier molecular flexibility index (Phi) is 4.73. The Morgan fingerprint density at radius 1 is 1.09 bits per heavy atom. The minimum absolute atomic E-state index is 0.212. The molecule has 1 aliphatic heterocycles. The third kappa shape index (κ3) is 3.28. The molecule has 0 radical (unpaired) electrons. The number of nitrogens with zero attached hydrogens (tertiary/aromatic N) is 1. The van der Waals surface area contributed by atoms with Crippen LogP contribution in [-0.4, -0.2) is 38.8 Å². The molecule has 0 bridgehead atoms. The molecule has 126 valence electrons. The van der Waals surface area contributed by atoms with Gasteiger partial charge in [-0.05, 0) is 42.5 Å². The van der Waals surface area contributed by atoms with Crippen LogP contribution in [0.15, 0.2) is 29.2 Å². The van der Waals surface area contributed by atoms with Crippen molar-refractivity contribution in [1.82, 2.24) is 9.62 Å². The normalized spacial score (nSPS) is 23.3. The highest BCUT2D eigenvalue weighted by Gasteiger charge is 2.36. The molecule has 1 aromatic carbocycles. The largest absolute Gasteiger partial charge is 0.355 e. The maximum atomic E-state index is 12.8. The number of carbonyl (C=O) groups excluding carboxylic acids is 1. The first-order chi connectivity index (χ1) is 11.0. The topological polar surface area (TPSA) is 66.5 Å². The van der Waals surface area contributed by atoms with Gasteiger partial charge in [0.25, 0.3) is 5.91 Å². The van der Waals surface area contributed by atoms with Gasteiger partial charge in [0.05, 0.1) is 4.90 Å². The molecule has 2 fully saturated rings. The Labute approximate surface area is 138 Å². The predicted octanol–water partition coefficient (Wildman–Crippen LogP) is 2.25. The van der Waals surface area contributed by atoms with Gasteiger partial charge in [-0.15, -0.1) is 0 Å². The van der Waals surface area contributed by atoms with Crippen molar-refractivity contribution in [3.63, 3.8) is 0 Å². The monoisotopic (exact) mass is 336 g/mol. The molecule has 1 N–H and O–H groups in total. The number of carbonyl (C=O) groups is 1. The zero-order chi connectivity index (χ0) is 16.4. The van der Waals surface area contributed by atoms with E-state index in [4.69, 9.17) is 0 Å². The van der Waals surface area contributed by atoms with Crippen LogP contribution in [0.4, 0.5) is 0 Å². The molecule has 3 rings (SSSR count). The molecule has 1 atom stereocenters. The molecule has 0 spiro atoms. The molecular weight excluding hydrogens is 312 g/mol. The quantitative estimate of drug-likeness (QED) is 0.917. The van der Waals surface area contributed by atoms with Crippen molar-refractivity contribution in [3.8, 4) is 0 Å². The zero-order valence-corrected chi connectivity index (χ0v) is 14.3. The van der Waals surface area contributed by atoms with Crippen molar-refractivity contribution >= 4 is 15.9 Å². The number of rotatable bonds is 4. The molecule has 6 heteroatoms. The van der Waals surface area contributed by atoms with Crippen LogP contribution < -0.4 is 5.32 Å². The number of nitrogens with one attached hydrogen (secondary N) is 1. The van der Waals surface area contributed by atoms with E-state index in [0.717, 1.165) is 6.42 Å². The van der Waals surface area contributed by atoms with E-state index in [9.17, 15) is 13.2 Å². The lowest BCUT2D eigenvalue weighted by molar-refractivity contribution is 0.0963. The van der Waals surface area contributed by atoms with Gasteiger partial charge in [-0.25, -0.2) is 8.42 Å². The molecule has 1 aliphatic carbocycles. The van der Waals surface area contributed by atoms with Crippen LogP contribution in [0.25, 0.3) is 0 Å². The van der Waals surface area contributed by atoms with E-state index in [2.05, 4.69) is 5.32 Å². The maximum Gasteiger partial charge on any atom is 0.251 e. The molecule has 1 amide bonds. The van der Waals surface area contributed by atoms with Gasteiger partial charge in [-0.1, -0.05) is 25.7 Å². The molecule has 0 aromatic heterocycles. The summed E-state index contributed by atoms with van der Waals surface area (Å²) in [4.78, 5) is 11.8. The molecule has 1 unspecified atom stereocenters. The Balaban J connectivity index is 1.72. The van der Waals surface area contributed by atoms with E-state index in [-0.39, 0.29) is 10.8 Å². The molecule has 1 heterocycles. The summed E-state index contributed by atoms with van der Waals surface area (Å²) in [6, 6.07) is 6.19. The minimum Gasteiger partial charge on any atom is -0.355 e. The van der Waals surface area contributed by atoms with Crippen LogP contribution >= 0.6 is 0 Å². The summed E-state index contributed by atoms with van der Waals surface area (Å²) in [5.74, 6) is 1.000. The first-order valence-corrected chi connectivity index (χ1v) is 9.78. The van der Waals surface area contributed by atoms with Crippen LogP contribution in [0, 0.1) is 11.8 Å². The average Bonchev–Trinajstić information content (AvgIpc) is 3.25. The number of sulfonamides is 1. The van der Waals surface area contributed by atoms with Crippen LogP contribution in [0.5, 0.6) is 0 Å². The first-order valence-electron chi connectivity index (χ1n) is 8.34.